The minimum Gasteiger partial charge on any atom is -0.467 e. The molecule has 0 fully saturated rings. The normalized spacial score (nSPS) is 13.6. The Labute approximate surface area is 121 Å². The van der Waals surface area contributed by atoms with Gasteiger partial charge in [-0.1, -0.05) is 30.3 Å². The van der Waals surface area contributed by atoms with E-state index in [2.05, 4.69) is 20.3 Å². The molecule has 2 rings (SSSR count). The largest absolute Gasteiger partial charge is 0.467 e. The van der Waals surface area contributed by atoms with Crippen molar-refractivity contribution >= 4 is 17.5 Å². The molecule has 1 heterocycles. The summed E-state index contributed by atoms with van der Waals surface area (Å²) in [6.45, 7) is 1.70. The van der Waals surface area contributed by atoms with Crippen LogP contribution in [0.25, 0.3) is 0 Å². The molecular formula is C13H15ClN4O2. The first kappa shape index (κ1) is 14.5. The van der Waals surface area contributed by atoms with Gasteiger partial charge in [-0.25, -0.2) is 0 Å². The van der Waals surface area contributed by atoms with Gasteiger partial charge in [0.25, 0.3) is 0 Å². The number of aliphatic hydroxyl groups is 1. The molecule has 0 aliphatic heterocycles. The van der Waals surface area contributed by atoms with E-state index in [1.54, 1.807) is 0 Å². The predicted molar refractivity (Wildman–Crippen MR) is 75.9 cm³/mol. The van der Waals surface area contributed by atoms with Gasteiger partial charge in [-0.3, -0.25) is 0 Å². The number of nitrogens with zero attached hydrogens (tertiary/aromatic N) is 3. The molecule has 0 saturated heterocycles. The van der Waals surface area contributed by atoms with Gasteiger partial charge >= 0.3 is 6.01 Å². The molecule has 0 aliphatic carbocycles. The Kier molecular flexibility index (Phi) is 4.36. The molecule has 106 valence electrons. The van der Waals surface area contributed by atoms with E-state index in [9.17, 15) is 5.11 Å². The number of nitrogens with one attached hydrogen (secondary N) is 1. The van der Waals surface area contributed by atoms with Gasteiger partial charge in [0.1, 0.15) is 0 Å². The molecule has 0 amide bonds. The number of aromatic nitrogens is 3. The Bertz CT molecular complexity index is 582. The Morgan fingerprint density at radius 3 is 2.55 bits per heavy atom. The molecule has 20 heavy (non-hydrogen) atoms. The van der Waals surface area contributed by atoms with Crippen LogP contribution < -0.4 is 10.1 Å². The van der Waals surface area contributed by atoms with Gasteiger partial charge in [0.2, 0.25) is 11.2 Å². The maximum absolute atomic E-state index is 9.70. The average Bonchev–Trinajstić information content (AvgIpc) is 2.47. The smallest absolute Gasteiger partial charge is 0.322 e. The summed E-state index contributed by atoms with van der Waals surface area (Å²) in [7, 11) is 1.44. The first-order valence-corrected chi connectivity index (χ1v) is 6.35. The van der Waals surface area contributed by atoms with Crippen LogP contribution in [0.1, 0.15) is 12.5 Å². The molecule has 0 radical (unpaired) electrons. The highest BCUT2D eigenvalue weighted by Crippen LogP contribution is 2.25. The molecule has 7 heteroatoms. The van der Waals surface area contributed by atoms with Crippen LogP contribution in [0.4, 0.5) is 5.95 Å². The van der Waals surface area contributed by atoms with E-state index in [1.807, 2.05) is 37.3 Å². The van der Waals surface area contributed by atoms with Crippen molar-refractivity contribution < 1.29 is 9.84 Å². The summed E-state index contributed by atoms with van der Waals surface area (Å²) in [5, 5.41) is 12.8. The lowest BCUT2D eigenvalue weighted by molar-refractivity contribution is 0.223. The standard InChI is InChI=1S/C13H15ClN4O2/c1-13(8-19,9-6-4-3-5-7-9)18-11-15-10(14)16-12(17-11)20-2/h3-7,19H,8H2,1-2H3,(H,15,16,17,18). The van der Waals surface area contributed by atoms with Crippen molar-refractivity contribution in [1.82, 2.24) is 15.0 Å². The van der Waals surface area contributed by atoms with Gasteiger partial charge in [0.15, 0.2) is 0 Å². The first-order chi connectivity index (χ1) is 9.57. The van der Waals surface area contributed by atoms with E-state index in [0.717, 1.165) is 5.56 Å². The van der Waals surface area contributed by atoms with Crippen LogP contribution >= 0.6 is 11.6 Å². The summed E-state index contributed by atoms with van der Waals surface area (Å²) in [6.07, 6.45) is 0. The number of benzene rings is 1. The molecule has 1 aromatic heterocycles. The van der Waals surface area contributed by atoms with Crippen LogP contribution in [0.15, 0.2) is 30.3 Å². The van der Waals surface area contributed by atoms with Crippen molar-refractivity contribution in [3.63, 3.8) is 0 Å². The molecule has 0 bridgehead atoms. The van der Waals surface area contributed by atoms with Gasteiger partial charge in [-0.05, 0) is 24.1 Å². The third-order valence-corrected chi connectivity index (χ3v) is 3.05. The minimum absolute atomic E-state index is 0.0210. The number of hydrogen-bond donors (Lipinski definition) is 2. The second-order valence-electron chi connectivity index (χ2n) is 4.40. The van der Waals surface area contributed by atoms with Crippen LogP contribution in [0.2, 0.25) is 5.28 Å². The highest BCUT2D eigenvalue weighted by atomic mass is 35.5. The molecule has 1 atom stereocenters. The van der Waals surface area contributed by atoms with Crippen molar-refractivity contribution in [2.45, 2.75) is 12.5 Å². The highest BCUT2D eigenvalue weighted by Gasteiger charge is 2.27. The van der Waals surface area contributed by atoms with E-state index in [4.69, 9.17) is 16.3 Å². The number of rotatable bonds is 5. The van der Waals surface area contributed by atoms with Crippen molar-refractivity contribution in [2.24, 2.45) is 0 Å². The van der Waals surface area contributed by atoms with E-state index in [-0.39, 0.29) is 23.8 Å². The number of ether oxygens (including phenoxy) is 1. The van der Waals surface area contributed by atoms with Gasteiger partial charge < -0.3 is 15.2 Å². The summed E-state index contributed by atoms with van der Waals surface area (Å²) in [5.41, 5.74) is 0.162. The van der Waals surface area contributed by atoms with Crippen LogP contribution in [-0.2, 0) is 5.54 Å². The van der Waals surface area contributed by atoms with E-state index in [1.165, 1.54) is 7.11 Å². The molecule has 0 spiro atoms. The lowest BCUT2D eigenvalue weighted by atomic mass is 9.93. The van der Waals surface area contributed by atoms with E-state index < -0.39 is 5.54 Å². The van der Waals surface area contributed by atoms with E-state index in [0.29, 0.717) is 0 Å². The summed E-state index contributed by atoms with van der Waals surface area (Å²) in [4.78, 5) is 11.8. The summed E-state index contributed by atoms with van der Waals surface area (Å²) >= 11 is 5.80. The molecule has 1 unspecified atom stereocenters. The number of aliphatic hydroxyl groups excluding tert-OH is 1. The summed E-state index contributed by atoms with van der Waals surface area (Å²) in [6, 6.07) is 9.62. The molecule has 0 aliphatic rings. The lowest BCUT2D eigenvalue weighted by Gasteiger charge is -2.29. The number of hydrogen-bond acceptors (Lipinski definition) is 6. The lowest BCUT2D eigenvalue weighted by Crippen LogP contribution is -2.36. The van der Waals surface area contributed by atoms with Gasteiger partial charge in [-0.2, -0.15) is 15.0 Å². The predicted octanol–water partition coefficient (Wildman–Crippen LogP) is 1.85. The zero-order valence-corrected chi connectivity index (χ0v) is 11.9. The SMILES string of the molecule is COc1nc(Cl)nc(NC(C)(CO)c2ccccc2)n1. The van der Waals surface area contributed by atoms with Crippen molar-refractivity contribution in [2.75, 3.05) is 19.0 Å². The quantitative estimate of drug-likeness (QED) is 0.876. The number of halogens is 1. The fraction of sp³-hybridized carbons (Fsp3) is 0.308. The zero-order valence-electron chi connectivity index (χ0n) is 11.2. The molecule has 2 aromatic rings. The number of methoxy groups -OCH3 is 1. The molecule has 1 aromatic carbocycles. The fourth-order valence-corrected chi connectivity index (χ4v) is 1.89. The Hall–Kier alpha value is -1.92. The first-order valence-electron chi connectivity index (χ1n) is 5.97. The van der Waals surface area contributed by atoms with Crippen LogP contribution in [0, 0.1) is 0 Å². The second kappa shape index (κ2) is 6.02. The fourth-order valence-electron chi connectivity index (χ4n) is 1.73. The monoisotopic (exact) mass is 294 g/mol. The minimum atomic E-state index is -0.739. The summed E-state index contributed by atoms with van der Waals surface area (Å²) in [5.74, 6) is 0.238. The third-order valence-electron chi connectivity index (χ3n) is 2.89. The molecule has 0 saturated carbocycles. The highest BCUT2D eigenvalue weighted by molar-refractivity contribution is 6.28. The summed E-state index contributed by atoms with van der Waals surface area (Å²) < 4.78 is 4.94. The van der Waals surface area contributed by atoms with Gasteiger partial charge in [0.05, 0.1) is 19.3 Å². The van der Waals surface area contributed by atoms with Crippen LogP contribution in [0.5, 0.6) is 6.01 Å². The zero-order chi connectivity index (χ0) is 14.6. The molecule has 2 N–H and O–H groups in total. The second-order valence-corrected chi connectivity index (χ2v) is 4.73. The maximum Gasteiger partial charge on any atom is 0.322 e. The Morgan fingerprint density at radius 2 is 1.95 bits per heavy atom. The van der Waals surface area contributed by atoms with Gasteiger partial charge in [-0.15, -0.1) is 0 Å². The maximum atomic E-state index is 9.70. The topological polar surface area (TPSA) is 80.2 Å². The van der Waals surface area contributed by atoms with Crippen molar-refractivity contribution in [3.05, 3.63) is 41.2 Å². The molecular weight excluding hydrogens is 280 g/mol. The van der Waals surface area contributed by atoms with Crippen LogP contribution in [0.3, 0.4) is 0 Å². The number of anilines is 1. The Morgan fingerprint density at radius 1 is 1.25 bits per heavy atom. The van der Waals surface area contributed by atoms with Gasteiger partial charge in [0, 0.05) is 0 Å². The average molecular weight is 295 g/mol. The van der Waals surface area contributed by atoms with Crippen LogP contribution in [-0.4, -0.2) is 33.8 Å². The molecule has 6 nitrogen and oxygen atoms in total. The van der Waals surface area contributed by atoms with Crippen molar-refractivity contribution in [1.29, 1.82) is 0 Å². The van der Waals surface area contributed by atoms with E-state index >= 15 is 0 Å². The third kappa shape index (κ3) is 3.15. The van der Waals surface area contributed by atoms with Crippen molar-refractivity contribution in [3.8, 4) is 6.01 Å². The Balaban J connectivity index is 2.33.